The second kappa shape index (κ2) is 5.24. The van der Waals surface area contributed by atoms with Crippen LogP contribution in [0.5, 0.6) is 0 Å². The topological polar surface area (TPSA) is 83.8 Å². The molecule has 0 saturated carbocycles. The van der Waals surface area contributed by atoms with Crippen molar-refractivity contribution in [2.75, 3.05) is 11.1 Å². The van der Waals surface area contributed by atoms with Gasteiger partial charge in [0, 0.05) is 6.54 Å². The molecule has 0 aliphatic rings. The lowest BCUT2D eigenvalue weighted by Crippen LogP contribution is -2.17. The average molecular weight is 284 g/mol. The minimum Gasteiger partial charge on any atom is -0.391 e. The number of nitrogen functional groups attached to an aromatic ring is 1. The summed E-state index contributed by atoms with van der Waals surface area (Å²) in [5.41, 5.74) is 4.06. The number of nitrogens with two attached hydrogens (primary N) is 1. The number of benzene rings is 1. The van der Waals surface area contributed by atoms with Gasteiger partial charge >= 0.3 is 6.18 Å². The number of anilines is 2. The van der Waals surface area contributed by atoms with E-state index in [2.05, 4.69) is 15.3 Å². The first-order valence-corrected chi connectivity index (χ1v) is 5.61. The third-order valence-electron chi connectivity index (χ3n) is 2.66. The predicted molar refractivity (Wildman–Crippen MR) is 68.0 cm³/mol. The van der Waals surface area contributed by atoms with Crippen LogP contribution in [0.25, 0.3) is 0 Å². The van der Waals surface area contributed by atoms with Crippen LogP contribution >= 0.6 is 0 Å². The summed E-state index contributed by atoms with van der Waals surface area (Å²) >= 11 is 0. The lowest BCUT2D eigenvalue weighted by molar-refractivity contribution is -0.138. The van der Waals surface area contributed by atoms with Gasteiger partial charge < -0.3 is 16.0 Å². The fourth-order valence-electron chi connectivity index (χ4n) is 1.68. The highest BCUT2D eigenvalue weighted by Gasteiger charge is 2.32. The van der Waals surface area contributed by atoms with Gasteiger partial charge in [-0.25, -0.2) is 4.98 Å². The Labute approximate surface area is 111 Å². The minimum atomic E-state index is -4.44. The third-order valence-corrected chi connectivity index (χ3v) is 2.66. The van der Waals surface area contributed by atoms with Crippen molar-refractivity contribution in [3.8, 4) is 0 Å². The van der Waals surface area contributed by atoms with Crippen LogP contribution in [0.2, 0.25) is 0 Å². The average Bonchev–Trinajstić information content (AvgIpc) is 2.40. The monoisotopic (exact) mass is 284 g/mol. The van der Waals surface area contributed by atoms with Gasteiger partial charge in [-0.2, -0.15) is 13.2 Å². The number of hydrogen-bond donors (Lipinski definition) is 3. The summed E-state index contributed by atoms with van der Waals surface area (Å²) in [5.74, 6) is 0.0470. The van der Waals surface area contributed by atoms with E-state index < -0.39 is 17.3 Å². The van der Waals surface area contributed by atoms with Crippen LogP contribution in [0.15, 0.2) is 35.4 Å². The summed E-state index contributed by atoms with van der Waals surface area (Å²) in [7, 11) is 0. The van der Waals surface area contributed by atoms with E-state index in [-0.39, 0.29) is 23.6 Å². The Morgan fingerprint density at radius 3 is 2.70 bits per heavy atom. The SMILES string of the molecule is Nc1c(NCc2ccccc2C(F)(F)F)nc[nH]c1=O. The first kappa shape index (κ1) is 13.9. The zero-order valence-corrected chi connectivity index (χ0v) is 10.2. The van der Waals surface area contributed by atoms with Crippen molar-refractivity contribution < 1.29 is 13.2 Å². The minimum absolute atomic E-state index is 0.0430. The molecule has 0 aliphatic carbocycles. The molecule has 0 spiro atoms. The number of rotatable bonds is 3. The highest BCUT2D eigenvalue weighted by atomic mass is 19.4. The maximum Gasteiger partial charge on any atom is 0.416 e. The van der Waals surface area contributed by atoms with E-state index >= 15 is 0 Å². The molecular formula is C12H11F3N4O. The van der Waals surface area contributed by atoms with Crippen molar-refractivity contribution in [1.82, 2.24) is 9.97 Å². The summed E-state index contributed by atoms with van der Waals surface area (Å²) in [6, 6.07) is 5.15. The van der Waals surface area contributed by atoms with E-state index in [1.807, 2.05) is 0 Å². The molecule has 20 heavy (non-hydrogen) atoms. The Bertz CT molecular complexity index is 666. The van der Waals surface area contributed by atoms with Crippen molar-refractivity contribution in [2.45, 2.75) is 12.7 Å². The van der Waals surface area contributed by atoms with Crippen LogP contribution in [0.3, 0.4) is 0 Å². The summed E-state index contributed by atoms with van der Waals surface area (Å²) < 4.78 is 38.4. The van der Waals surface area contributed by atoms with Crippen LogP contribution in [0, 0.1) is 0 Å². The maximum absolute atomic E-state index is 12.8. The molecule has 1 heterocycles. The van der Waals surface area contributed by atoms with Crippen LogP contribution in [0.4, 0.5) is 24.7 Å². The lowest BCUT2D eigenvalue weighted by atomic mass is 10.1. The molecule has 2 rings (SSSR count). The molecule has 4 N–H and O–H groups in total. The van der Waals surface area contributed by atoms with Gasteiger partial charge in [0.25, 0.3) is 5.56 Å². The Hall–Kier alpha value is -2.51. The highest BCUT2D eigenvalue weighted by Crippen LogP contribution is 2.32. The Kier molecular flexibility index (Phi) is 3.64. The van der Waals surface area contributed by atoms with E-state index in [0.29, 0.717) is 0 Å². The van der Waals surface area contributed by atoms with Gasteiger partial charge in [0.1, 0.15) is 5.69 Å². The highest BCUT2D eigenvalue weighted by molar-refractivity contribution is 5.59. The van der Waals surface area contributed by atoms with E-state index in [9.17, 15) is 18.0 Å². The molecule has 1 aromatic carbocycles. The standard InChI is InChI=1S/C12H11F3N4O/c13-12(14,15)8-4-2-1-3-7(8)5-17-10-9(16)11(20)19-6-18-10/h1-4,6H,5,16H2,(H2,17,18,19,20). The van der Waals surface area contributed by atoms with E-state index in [1.54, 1.807) is 0 Å². The molecule has 0 fully saturated rings. The molecular weight excluding hydrogens is 273 g/mol. The molecule has 0 radical (unpaired) electrons. The first-order valence-electron chi connectivity index (χ1n) is 5.61. The lowest BCUT2D eigenvalue weighted by Gasteiger charge is -2.13. The van der Waals surface area contributed by atoms with Crippen molar-refractivity contribution in [3.05, 3.63) is 52.1 Å². The fraction of sp³-hybridized carbons (Fsp3) is 0.167. The molecule has 0 bridgehead atoms. The van der Waals surface area contributed by atoms with Crippen molar-refractivity contribution in [3.63, 3.8) is 0 Å². The van der Waals surface area contributed by atoms with Gasteiger partial charge in [-0.15, -0.1) is 0 Å². The second-order valence-corrected chi connectivity index (χ2v) is 4.00. The zero-order valence-electron chi connectivity index (χ0n) is 10.2. The first-order chi connectivity index (χ1) is 9.39. The van der Waals surface area contributed by atoms with Crippen LogP contribution in [-0.4, -0.2) is 9.97 Å². The smallest absolute Gasteiger partial charge is 0.391 e. The van der Waals surface area contributed by atoms with Gasteiger partial charge in [0.15, 0.2) is 5.82 Å². The van der Waals surface area contributed by atoms with E-state index in [4.69, 9.17) is 5.73 Å². The summed E-state index contributed by atoms with van der Waals surface area (Å²) in [4.78, 5) is 17.3. The van der Waals surface area contributed by atoms with Crippen molar-refractivity contribution in [1.29, 1.82) is 0 Å². The van der Waals surface area contributed by atoms with Gasteiger partial charge in [-0.3, -0.25) is 4.79 Å². The van der Waals surface area contributed by atoms with Gasteiger partial charge in [-0.05, 0) is 11.6 Å². The van der Waals surface area contributed by atoms with Crippen molar-refractivity contribution >= 4 is 11.5 Å². The Balaban J connectivity index is 2.24. The Morgan fingerprint density at radius 2 is 2.00 bits per heavy atom. The molecule has 5 nitrogen and oxygen atoms in total. The molecule has 0 atom stereocenters. The number of aromatic nitrogens is 2. The number of hydrogen-bond acceptors (Lipinski definition) is 4. The fourth-order valence-corrected chi connectivity index (χ4v) is 1.68. The molecule has 0 amide bonds. The number of nitrogens with zero attached hydrogens (tertiary/aromatic N) is 1. The number of alkyl halides is 3. The third kappa shape index (κ3) is 2.90. The van der Waals surface area contributed by atoms with Crippen LogP contribution < -0.4 is 16.6 Å². The van der Waals surface area contributed by atoms with Gasteiger partial charge in [-0.1, -0.05) is 18.2 Å². The van der Waals surface area contributed by atoms with Crippen LogP contribution in [-0.2, 0) is 12.7 Å². The maximum atomic E-state index is 12.8. The van der Waals surface area contributed by atoms with Gasteiger partial charge in [0.05, 0.1) is 11.9 Å². The number of halogens is 3. The summed E-state index contributed by atoms with van der Waals surface area (Å²) in [6.07, 6.45) is -3.32. The van der Waals surface area contributed by atoms with Gasteiger partial charge in [0.2, 0.25) is 0 Å². The predicted octanol–water partition coefficient (Wildman–Crippen LogP) is 1.98. The molecule has 0 aliphatic heterocycles. The molecule has 106 valence electrons. The van der Waals surface area contributed by atoms with E-state index in [1.165, 1.54) is 18.2 Å². The van der Waals surface area contributed by atoms with Crippen LogP contribution in [0.1, 0.15) is 11.1 Å². The normalized spacial score (nSPS) is 11.3. The number of H-pyrrole nitrogens is 1. The van der Waals surface area contributed by atoms with E-state index in [0.717, 1.165) is 12.4 Å². The second-order valence-electron chi connectivity index (χ2n) is 4.00. The Morgan fingerprint density at radius 1 is 1.30 bits per heavy atom. The molecule has 8 heteroatoms. The largest absolute Gasteiger partial charge is 0.416 e. The summed E-state index contributed by atoms with van der Waals surface area (Å²) in [6.45, 7) is -0.143. The molecule has 2 aromatic rings. The summed E-state index contributed by atoms with van der Waals surface area (Å²) in [5, 5.41) is 2.63. The number of aromatic amines is 1. The zero-order chi connectivity index (χ0) is 14.8. The quantitative estimate of drug-likeness (QED) is 0.804. The molecule has 1 aromatic heterocycles. The number of nitrogens with one attached hydrogen (secondary N) is 2. The molecule has 0 saturated heterocycles. The van der Waals surface area contributed by atoms with Crippen molar-refractivity contribution in [2.24, 2.45) is 0 Å². The molecule has 0 unspecified atom stereocenters.